The van der Waals surface area contributed by atoms with E-state index in [0.717, 1.165) is 0 Å². The molecule has 0 saturated heterocycles. The molecule has 0 heterocycles. The van der Waals surface area contributed by atoms with E-state index in [-0.39, 0.29) is 25.9 Å². The van der Waals surface area contributed by atoms with Gasteiger partial charge in [-0.2, -0.15) is 0 Å². The lowest BCUT2D eigenvalue weighted by atomic mass is 10.1. The number of carbonyl (C=O) groups is 2. The zero-order valence-corrected chi connectivity index (χ0v) is 12.5. The molecule has 0 rings (SSSR count). The molecule has 132 valence electrons. The van der Waals surface area contributed by atoms with E-state index in [1.807, 2.05) is 0 Å². The second-order valence-electron chi connectivity index (χ2n) is 4.82. The van der Waals surface area contributed by atoms with Gasteiger partial charge in [0.25, 0.3) is 0 Å². The molecule has 22 heavy (non-hydrogen) atoms. The molecule has 0 amide bonds. The summed E-state index contributed by atoms with van der Waals surface area (Å²) in [7, 11) is 0. The molecule has 10 nitrogen and oxygen atoms in total. The maximum atomic E-state index is 10.2. The number of hydrogen-bond donors (Lipinski definition) is 8. The predicted molar refractivity (Wildman–Crippen MR) is 79.8 cm³/mol. The highest BCUT2D eigenvalue weighted by Crippen LogP contribution is 1.99. The average molecular weight is 324 g/mol. The predicted octanol–water partition coefficient (Wildman–Crippen LogP) is -3.00. The topological polar surface area (TPSA) is 219 Å². The van der Waals surface area contributed by atoms with Crippen LogP contribution < -0.4 is 22.9 Å². The Morgan fingerprint density at radius 1 is 0.727 bits per heavy atom. The minimum Gasteiger partial charge on any atom is -0.480 e. The second kappa shape index (κ2) is 13.4. The number of aliphatic carboxylic acids is 2. The summed E-state index contributed by atoms with van der Waals surface area (Å²) in [5.74, 6) is -2.09. The summed E-state index contributed by atoms with van der Waals surface area (Å²) in [6.45, 7) is 0.290. The normalized spacial score (nSPS) is 15.9. The Kier molecular flexibility index (Phi) is 14.0. The van der Waals surface area contributed by atoms with Crippen LogP contribution in [0.1, 0.15) is 25.7 Å². The molecule has 0 aromatic rings. The molecule has 0 spiro atoms. The summed E-state index contributed by atoms with van der Waals surface area (Å²) in [4.78, 5) is 20.3. The van der Waals surface area contributed by atoms with Gasteiger partial charge in [0.05, 0.1) is 12.2 Å². The van der Waals surface area contributed by atoms with Crippen LogP contribution in [0.3, 0.4) is 0 Å². The van der Waals surface area contributed by atoms with Gasteiger partial charge in [0.15, 0.2) is 0 Å². The summed E-state index contributed by atoms with van der Waals surface area (Å²) in [5.41, 5.74) is 20.5. The average Bonchev–Trinajstić information content (AvgIpc) is 2.49. The van der Waals surface area contributed by atoms with Gasteiger partial charge in [-0.25, -0.2) is 0 Å². The number of carboxylic acids is 2. The van der Waals surface area contributed by atoms with Crippen LogP contribution >= 0.6 is 0 Å². The number of rotatable bonds is 10. The lowest BCUT2D eigenvalue weighted by Gasteiger charge is -2.09. The zero-order chi connectivity index (χ0) is 17.7. The van der Waals surface area contributed by atoms with Crippen molar-refractivity contribution in [1.82, 2.24) is 0 Å². The van der Waals surface area contributed by atoms with Crippen molar-refractivity contribution in [2.45, 2.75) is 50.0 Å². The summed E-state index contributed by atoms with van der Waals surface area (Å²) in [5, 5.41) is 34.5. The van der Waals surface area contributed by atoms with Crippen molar-refractivity contribution < 1.29 is 30.0 Å². The Hall–Kier alpha value is -1.30. The number of aliphatic hydroxyl groups is 2. The minimum atomic E-state index is -1.05. The maximum absolute atomic E-state index is 10.2. The van der Waals surface area contributed by atoms with Crippen LogP contribution in [-0.4, -0.2) is 69.7 Å². The van der Waals surface area contributed by atoms with Gasteiger partial charge in [-0.15, -0.1) is 0 Å². The smallest absolute Gasteiger partial charge is 0.320 e. The Balaban J connectivity index is 0. The summed E-state index contributed by atoms with van der Waals surface area (Å²) < 4.78 is 0. The highest BCUT2D eigenvalue weighted by molar-refractivity contribution is 5.73. The van der Waals surface area contributed by atoms with Gasteiger partial charge in [-0.05, 0) is 25.7 Å². The number of aliphatic hydroxyl groups excluding tert-OH is 2. The molecule has 0 aromatic heterocycles. The first-order valence-electron chi connectivity index (χ1n) is 6.88. The van der Waals surface area contributed by atoms with Gasteiger partial charge in [-0.1, -0.05) is 0 Å². The van der Waals surface area contributed by atoms with Crippen molar-refractivity contribution in [1.29, 1.82) is 0 Å². The third-order valence-corrected chi connectivity index (χ3v) is 2.80. The van der Waals surface area contributed by atoms with Gasteiger partial charge in [-0.3, -0.25) is 9.59 Å². The second-order valence-corrected chi connectivity index (χ2v) is 4.82. The van der Waals surface area contributed by atoms with E-state index < -0.39 is 36.2 Å². The Morgan fingerprint density at radius 2 is 1.00 bits per heavy atom. The monoisotopic (exact) mass is 324 g/mol. The van der Waals surface area contributed by atoms with Crippen molar-refractivity contribution in [2.24, 2.45) is 22.9 Å². The third kappa shape index (κ3) is 13.7. The summed E-state index contributed by atoms with van der Waals surface area (Å²) >= 11 is 0. The molecule has 0 fully saturated rings. The number of nitrogens with two attached hydrogens (primary N) is 4. The molecule has 2 unspecified atom stereocenters. The first-order valence-corrected chi connectivity index (χ1v) is 6.88. The van der Waals surface area contributed by atoms with Crippen LogP contribution in [0, 0.1) is 0 Å². The van der Waals surface area contributed by atoms with Gasteiger partial charge in [0.2, 0.25) is 0 Å². The van der Waals surface area contributed by atoms with Gasteiger partial charge in [0, 0.05) is 13.1 Å². The molecule has 0 saturated carbocycles. The lowest BCUT2D eigenvalue weighted by molar-refractivity contribution is -0.139. The molecular weight excluding hydrogens is 296 g/mol. The van der Waals surface area contributed by atoms with Crippen LogP contribution in [0.2, 0.25) is 0 Å². The highest BCUT2D eigenvalue weighted by atomic mass is 16.4. The molecule has 0 aliphatic heterocycles. The van der Waals surface area contributed by atoms with Crippen molar-refractivity contribution >= 4 is 11.9 Å². The standard InChI is InChI=1S/2C6H14N2O3/c2*7-3-4(9)1-2-5(8)6(10)11/h2*4-5,9H,1-3,7-8H2,(H,10,11)/t2*4?,5-/m00/s1. The molecule has 0 aromatic carbocycles. The van der Waals surface area contributed by atoms with Crippen LogP contribution in [0.25, 0.3) is 0 Å². The quantitative estimate of drug-likeness (QED) is 0.203. The van der Waals surface area contributed by atoms with Crippen LogP contribution in [0.15, 0.2) is 0 Å². The maximum Gasteiger partial charge on any atom is 0.320 e. The zero-order valence-electron chi connectivity index (χ0n) is 12.5. The minimum absolute atomic E-state index is 0.145. The number of carboxylic acid groups (broad SMARTS) is 2. The van der Waals surface area contributed by atoms with E-state index in [1.165, 1.54) is 0 Å². The van der Waals surface area contributed by atoms with Crippen molar-refractivity contribution in [3.05, 3.63) is 0 Å². The van der Waals surface area contributed by atoms with E-state index in [2.05, 4.69) is 0 Å². The van der Waals surface area contributed by atoms with E-state index >= 15 is 0 Å². The molecule has 0 radical (unpaired) electrons. The Morgan fingerprint density at radius 3 is 1.18 bits per heavy atom. The fourth-order valence-corrected chi connectivity index (χ4v) is 1.23. The molecule has 0 aliphatic carbocycles. The summed E-state index contributed by atoms with van der Waals surface area (Å²) in [6.07, 6.45) is -0.0872. The van der Waals surface area contributed by atoms with E-state index in [1.54, 1.807) is 0 Å². The fourth-order valence-electron chi connectivity index (χ4n) is 1.23. The van der Waals surface area contributed by atoms with E-state index in [4.69, 9.17) is 43.4 Å². The molecule has 4 atom stereocenters. The van der Waals surface area contributed by atoms with Crippen molar-refractivity contribution in [2.75, 3.05) is 13.1 Å². The molecule has 10 heteroatoms. The largest absolute Gasteiger partial charge is 0.480 e. The first kappa shape index (κ1) is 23.0. The van der Waals surface area contributed by atoms with E-state index in [9.17, 15) is 9.59 Å². The van der Waals surface area contributed by atoms with Crippen LogP contribution in [-0.2, 0) is 9.59 Å². The van der Waals surface area contributed by atoms with Crippen LogP contribution in [0.4, 0.5) is 0 Å². The highest BCUT2D eigenvalue weighted by Gasteiger charge is 2.13. The first-order chi connectivity index (χ1) is 10.1. The molecular formula is C12H28N4O6. The molecule has 0 bridgehead atoms. The Bertz CT molecular complexity index is 288. The van der Waals surface area contributed by atoms with Crippen molar-refractivity contribution in [3.63, 3.8) is 0 Å². The van der Waals surface area contributed by atoms with Gasteiger partial charge >= 0.3 is 11.9 Å². The Labute approximate surface area is 129 Å². The fraction of sp³-hybridized carbons (Fsp3) is 0.833. The van der Waals surface area contributed by atoms with E-state index in [0.29, 0.717) is 12.8 Å². The number of hydrogen-bond acceptors (Lipinski definition) is 8. The van der Waals surface area contributed by atoms with Crippen molar-refractivity contribution in [3.8, 4) is 0 Å². The molecule has 0 aliphatic rings. The van der Waals surface area contributed by atoms with Gasteiger partial charge < -0.3 is 43.4 Å². The molecule has 12 N–H and O–H groups in total. The third-order valence-electron chi connectivity index (χ3n) is 2.80. The summed E-state index contributed by atoms with van der Waals surface area (Å²) in [6, 6.07) is -1.78. The lowest BCUT2D eigenvalue weighted by Crippen LogP contribution is -2.32. The SMILES string of the molecule is NCC(O)CC[C@H](N)C(=O)O.NCC(O)CC[C@H](N)C(=O)O. The van der Waals surface area contributed by atoms with Gasteiger partial charge in [0.1, 0.15) is 12.1 Å². The van der Waals surface area contributed by atoms with Crippen LogP contribution in [0.5, 0.6) is 0 Å².